The van der Waals surface area contributed by atoms with E-state index in [-0.39, 0.29) is 12.2 Å². The highest BCUT2D eigenvalue weighted by Crippen LogP contribution is 2.47. The van der Waals surface area contributed by atoms with Crippen LogP contribution in [-0.2, 0) is 23.1 Å². The van der Waals surface area contributed by atoms with Crippen LogP contribution in [0.5, 0.6) is 5.75 Å². The smallest absolute Gasteiger partial charge is 0.417 e. The quantitative estimate of drug-likeness (QED) is 0.718. The summed E-state index contributed by atoms with van der Waals surface area (Å²) >= 11 is 0. The molecule has 0 spiro atoms. The molecule has 1 fully saturated rings. The van der Waals surface area contributed by atoms with E-state index in [0.717, 1.165) is 16.5 Å². The van der Waals surface area contributed by atoms with Crippen molar-refractivity contribution in [3.8, 4) is 11.8 Å². The number of fused-ring (bicyclic) bond motifs is 3. The molecule has 0 aliphatic carbocycles. The van der Waals surface area contributed by atoms with Crippen molar-refractivity contribution in [2.75, 3.05) is 12.0 Å². The zero-order chi connectivity index (χ0) is 21.1. The average molecular weight is 401 g/mol. The highest BCUT2D eigenvalue weighted by Gasteiger charge is 2.59. The Morgan fingerprint density at radius 3 is 2.52 bits per heavy atom. The molecule has 148 valence electrons. The van der Waals surface area contributed by atoms with Gasteiger partial charge in [-0.1, -0.05) is 6.07 Å². The molecule has 0 saturated carbocycles. The van der Waals surface area contributed by atoms with Crippen molar-refractivity contribution in [1.29, 1.82) is 5.26 Å². The summed E-state index contributed by atoms with van der Waals surface area (Å²) < 4.78 is 45.1. The van der Waals surface area contributed by atoms with Crippen LogP contribution < -0.4 is 9.64 Å². The van der Waals surface area contributed by atoms with E-state index < -0.39 is 34.8 Å². The van der Waals surface area contributed by atoms with Crippen molar-refractivity contribution in [3.05, 3.63) is 58.7 Å². The third-order valence-electron chi connectivity index (χ3n) is 5.43. The van der Waals surface area contributed by atoms with Gasteiger partial charge in [0.25, 0.3) is 5.91 Å². The normalized spacial score (nSPS) is 20.6. The van der Waals surface area contributed by atoms with Crippen LogP contribution in [0.3, 0.4) is 0 Å². The predicted octanol–water partition coefficient (Wildman–Crippen LogP) is 3.78. The summed E-state index contributed by atoms with van der Waals surface area (Å²) in [6.45, 7) is 1.70. The molecule has 1 unspecified atom stereocenters. The standard InChI is InChI=1S/C20H14F3N3O3/c1-19-15-6-5-14(29-2)7-12(15)10-25(19)18(28)26(17(19)27)13-4-3-11(9-24)16(8-13)20(21,22)23/h3-8H,10H2,1-2H3. The van der Waals surface area contributed by atoms with Crippen molar-refractivity contribution in [2.24, 2.45) is 0 Å². The van der Waals surface area contributed by atoms with Crippen LogP contribution in [0, 0.1) is 11.3 Å². The minimum absolute atomic E-state index is 0.131. The van der Waals surface area contributed by atoms with Gasteiger partial charge in [0.1, 0.15) is 11.3 Å². The first-order valence-electron chi connectivity index (χ1n) is 8.58. The van der Waals surface area contributed by atoms with E-state index in [0.29, 0.717) is 17.4 Å². The van der Waals surface area contributed by atoms with Crippen LogP contribution in [0.2, 0.25) is 0 Å². The van der Waals surface area contributed by atoms with Gasteiger partial charge in [-0.05, 0) is 48.4 Å². The molecule has 9 heteroatoms. The molecule has 2 heterocycles. The van der Waals surface area contributed by atoms with Crippen molar-refractivity contribution in [1.82, 2.24) is 4.90 Å². The number of amides is 3. The Kier molecular flexibility index (Phi) is 3.88. The molecule has 0 radical (unpaired) electrons. The fraction of sp³-hybridized carbons (Fsp3) is 0.250. The lowest BCUT2D eigenvalue weighted by atomic mass is 9.91. The van der Waals surface area contributed by atoms with E-state index in [1.54, 1.807) is 25.1 Å². The van der Waals surface area contributed by atoms with Crippen LogP contribution >= 0.6 is 0 Å². The number of carbonyl (C=O) groups is 2. The van der Waals surface area contributed by atoms with E-state index in [9.17, 15) is 22.8 Å². The Morgan fingerprint density at radius 2 is 1.90 bits per heavy atom. The number of nitrogens with zero attached hydrogens (tertiary/aromatic N) is 3. The first-order valence-corrected chi connectivity index (χ1v) is 8.58. The number of anilines is 1. The van der Waals surface area contributed by atoms with Gasteiger partial charge in [0, 0.05) is 6.54 Å². The largest absolute Gasteiger partial charge is 0.497 e. The van der Waals surface area contributed by atoms with Crippen LogP contribution in [-0.4, -0.2) is 23.9 Å². The zero-order valence-electron chi connectivity index (χ0n) is 15.4. The van der Waals surface area contributed by atoms with E-state index in [4.69, 9.17) is 10.00 Å². The molecule has 1 atom stereocenters. The van der Waals surface area contributed by atoms with Gasteiger partial charge < -0.3 is 9.64 Å². The molecule has 2 aromatic rings. The Balaban J connectivity index is 1.81. The number of hydrogen-bond donors (Lipinski definition) is 0. The fourth-order valence-corrected chi connectivity index (χ4v) is 3.92. The average Bonchev–Trinajstić information content (AvgIpc) is 3.09. The first-order chi connectivity index (χ1) is 13.6. The predicted molar refractivity (Wildman–Crippen MR) is 94.9 cm³/mol. The summed E-state index contributed by atoms with van der Waals surface area (Å²) in [7, 11) is 1.50. The second-order valence-electron chi connectivity index (χ2n) is 6.94. The van der Waals surface area contributed by atoms with Crippen molar-refractivity contribution >= 4 is 17.6 Å². The molecule has 1 saturated heterocycles. The minimum atomic E-state index is -4.80. The third-order valence-corrected chi connectivity index (χ3v) is 5.43. The maximum Gasteiger partial charge on any atom is 0.417 e. The van der Waals surface area contributed by atoms with Crippen molar-refractivity contribution < 1.29 is 27.5 Å². The van der Waals surface area contributed by atoms with Crippen molar-refractivity contribution in [3.63, 3.8) is 0 Å². The molecule has 0 aromatic heterocycles. The lowest BCUT2D eigenvalue weighted by Gasteiger charge is -2.24. The summed E-state index contributed by atoms with van der Waals surface area (Å²) in [5.41, 5.74) is -1.99. The van der Waals surface area contributed by atoms with Gasteiger partial charge in [-0.25, -0.2) is 9.69 Å². The molecular weight excluding hydrogens is 387 g/mol. The summed E-state index contributed by atoms with van der Waals surface area (Å²) in [5, 5.41) is 8.95. The Morgan fingerprint density at radius 1 is 1.17 bits per heavy atom. The molecule has 29 heavy (non-hydrogen) atoms. The first kappa shape index (κ1) is 18.8. The number of alkyl halides is 3. The highest BCUT2D eigenvalue weighted by atomic mass is 19.4. The summed E-state index contributed by atoms with van der Waals surface area (Å²) in [6.07, 6.45) is -4.80. The topological polar surface area (TPSA) is 73.6 Å². The number of imide groups is 1. The number of methoxy groups -OCH3 is 1. The van der Waals surface area contributed by atoms with Gasteiger partial charge in [0.15, 0.2) is 0 Å². The molecule has 0 bridgehead atoms. The highest BCUT2D eigenvalue weighted by molar-refractivity contribution is 6.23. The number of urea groups is 1. The van der Waals surface area contributed by atoms with Crippen LogP contribution in [0.25, 0.3) is 0 Å². The van der Waals surface area contributed by atoms with Crippen LogP contribution in [0.15, 0.2) is 36.4 Å². The molecule has 2 aromatic carbocycles. The van der Waals surface area contributed by atoms with Gasteiger partial charge in [0.2, 0.25) is 0 Å². The second-order valence-corrected chi connectivity index (χ2v) is 6.94. The Hall–Kier alpha value is -3.54. The lowest BCUT2D eigenvalue weighted by molar-refractivity contribution is -0.137. The van der Waals surface area contributed by atoms with E-state index in [1.807, 2.05) is 0 Å². The number of rotatable bonds is 2. The zero-order valence-corrected chi connectivity index (χ0v) is 15.4. The van der Waals surface area contributed by atoms with E-state index in [1.165, 1.54) is 24.1 Å². The van der Waals surface area contributed by atoms with E-state index >= 15 is 0 Å². The molecule has 2 aliphatic rings. The number of nitriles is 1. The van der Waals surface area contributed by atoms with Crippen LogP contribution in [0.1, 0.15) is 29.2 Å². The molecule has 4 rings (SSSR count). The Labute approximate surface area is 163 Å². The number of benzene rings is 2. The Bertz CT molecular complexity index is 1110. The summed E-state index contributed by atoms with van der Waals surface area (Å²) in [6, 6.07) is 8.64. The summed E-state index contributed by atoms with van der Waals surface area (Å²) in [4.78, 5) is 28.3. The maximum absolute atomic E-state index is 13.3. The van der Waals surface area contributed by atoms with Crippen LogP contribution in [0.4, 0.5) is 23.7 Å². The van der Waals surface area contributed by atoms with Gasteiger partial charge in [0.05, 0.1) is 30.0 Å². The summed E-state index contributed by atoms with van der Waals surface area (Å²) in [5.74, 6) is -0.0727. The monoisotopic (exact) mass is 401 g/mol. The van der Waals surface area contributed by atoms with Crippen molar-refractivity contribution in [2.45, 2.75) is 25.2 Å². The van der Waals surface area contributed by atoms with Gasteiger partial charge in [-0.3, -0.25) is 4.79 Å². The number of hydrogen-bond acceptors (Lipinski definition) is 4. The lowest BCUT2D eigenvalue weighted by Crippen LogP contribution is -2.39. The van der Waals surface area contributed by atoms with E-state index in [2.05, 4.69) is 0 Å². The second kappa shape index (κ2) is 5.98. The number of ether oxygens (including phenoxy) is 1. The fourth-order valence-electron chi connectivity index (χ4n) is 3.92. The third kappa shape index (κ3) is 2.49. The molecular formula is C20H14F3N3O3. The molecule has 2 aliphatic heterocycles. The van der Waals surface area contributed by atoms with Gasteiger partial charge in [-0.15, -0.1) is 0 Å². The number of halogens is 3. The SMILES string of the molecule is COc1ccc2c(c1)CN1C(=O)N(c3ccc(C#N)c(C(F)(F)F)c3)C(=O)C21C. The number of carbonyl (C=O) groups excluding carboxylic acids is 2. The molecule has 0 N–H and O–H groups in total. The van der Waals surface area contributed by atoms with Gasteiger partial charge in [-0.2, -0.15) is 18.4 Å². The molecule has 6 nitrogen and oxygen atoms in total. The minimum Gasteiger partial charge on any atom is -0.497 e. The molecule has 3 amide bonds. The van der Waals surface area contributed by atoms with Gasteiger partial charge >= 0.3 is 12.2 Å². The maximum atomic E-state index is 13.3.